The summed E-state index contributed by atoms with van der Waals surface area (Å²) >= 11 is 0. The third kappa shape index (κ3) is 3.04. The van der Waals surface area contributed by atoms with Crippen LogP contribution in [-0.2, 0) is 20.0 Å². The molecule has 1 heterocycles. The Kier molecular flexibility index (Phi) is 4.36. The fourth-order valence-corrected chi connectivity index (χ4v) is 6.11. The fraction of sp³-hybridized carbons (Fsp3) is 0.538. The van der Waals surface area contributed by atoms with E-state index >= 15 is 0 Å². The number of rotatable bonds is 5. The Balaban J connectivity index is 1.80. The van der Waals surface area contributed by atoms with E-state index in [0.717, 1.165) is 10.4 Å². The SMILES string of the molecule is O=[N+]([O-])c1ccccc1S(=O)(=O)N1CCN(S(=O)(=O)C2CC2)CC1. The zero-order chi connectivity index (χ0) is 17.5. The zero-order valence-corrected chi connectivity index (χ0v) is 14.4. The first-order valence-corrected chi connectivity index (χ1v) is 10.4. The van der Waals surface area contributed by atoms with E-state index in [2.05, 4.69) is 0 Å². The lowest BCUT2D eigenvalue weighted by Crippen LogP contribution is -2.51. The first-order valence-electron chi connectivity index (χ1n) is 7.47. The molecule has 1 aromatic carbocycles. The molecule has 1 aromatic rings. The lowest BCUT2D eigenvalue weighted by atomic mass is 10.3. The molecule has 0 N–H and O–H groups in total. The van der Waals surface area contributed by atoms with Gasteiger partial charge >= 0.3 is 0 Å². The van der Waals surface area contributed by atoms with E-state index in [1.807, 2.05) is 0 Å². The van der Waals surface area contributed by atoms with E-state index in [9.17, 15) is 26.9 Å². The van der Waals surface area contributed by atoms with Crippen LogP contribution in [0.3, 0.4) is 0 Å². The van der Waals surface area contributed by atoms with Crippen LogP contribution < -0.4 is 0 Å². The second kappa shape index (κ2) is 6.06. The van der Waals surface area contributed by atoms with E-state index in [0.29, 0.717) is 12.8 Å². The van der Waals surface area contributed by atoms with Gasteiger partial charge in [0.05, 0.1) is 10.2 Å². The van der Waals surface area contributed by atoms with Crippen LogP contribution in [0.4, 0.5) is 5.69 Å². The first kappa shape index (κ1) is 17.3. The Hall–Kier alpha value is -1.56. The number of nitro benzene ring substituents is 1. The van der Waals surface area contributed by atoms with Crippen molar-refractivity contribution in [2.75, 3.05) is 26.2 Å². The smallest absolute Gasteiger partial charge is 0.258 e. The van der Waals surface area contributed by atoms with Crippen molar-refractivity contribution in [1.82, 2.24) is 8.61 Å². The largest absolute Gasteiger partial charge is 0.289 e. The van der Waals surface area contributed by atoms with E-state index in [1.54, 1.807) is 0 Å². The maximum absolute atomic E-state index is 12.7. The van der Waals surface area contributed by atoms with Gasteiger partial charge in [-0.15, -0.1) is 0 Å². The third-order valence-corrected chi connectivity index (χ3v) is 8.53. The summed E-state index contributed by atoms with van der Waals surface area (Å²) in [6, 6.07) is 5.16. The Labute approximate surface area is 140 Å². The zero-order valence-electron chi connectivity index (χ0n) is 12.7. The predicted molar refractivity (Wildman–Crippen MR) is 85.4 cm³/mol. The number of para-hydroxylation sites is 1. The van der Waals surface area contributed by atoms with Crippen molar-refractivity contribution in [1.29, 1.82) is 0 Å². The van der Waals surface area contributed by atoms with Crippen LogP contribution in [0, 0.1) is 10.1 Å². The van der Waals surface area contributed by atoms with Crippen LogP contribution in [0.15, 0.2) is 29.2 Å². The number of sulfonamides is 2. The van der Waals surface area contributed by atoms with Crippen LogP contribution in [0.1, 0.15) is 12.8 Å². The molecule has 2 fully saturated rings. The molecule has 0 amide bonds. The van der Waals surface area contributed by atoms with Gasteiger partial charge < -0.3 is 0 Å². The van der Waals surface area contributed by atoms with Crippen LogP contribution in [0.25, 0.3) is 0 Å². The summed E-state index contributed by atoms with van der Waals surface area (Å²) in [6.07, 6.45) is 1.30. The summed E-state index contributed by atoms with van der Waals surface area (Å²) in [5.74, 6) is 0. The van der Waals surface area contributed by atoms with Crippen molar-refractivity contribution in [2.45, 2.75) is 23.0 Å². The molecule has 1 aliphatic carbocycles. The number of piperazine rings is 1. The minimum absolute atomic E-state index is 0.0136. The van der Waals surface area contributed by atoms with Crippen LogP contribution >= 0.6 is 0 Å². The Morgan fingerprint density at radius 3 is 2.04 bits per heavy atom. The van der Waals surface area contributed by atoms with Gasteiger partial charge in [0.1, 0.15) is 0 Å². The highest BCUT2D eigenvalue weighted by Crippen LogP contribution is 2.32. The summed E-state index contributed by atoms with van der Waals surface area (Å²) in [6.45, 7) is 0.109. The molecule has 3 rings (SSSR count). The van der Waals surface area contributed by atoms with Crippen molar-refractivity contribution < 1.29 is 21.8 Å². The predicted octanol–water partition coefficient (Wildman–Crippen LogP) is 0.393. The molecule has 1 aliphatic heterocycles. The Morgan fingerprint density at radius 1 is 0.958 bits per heavy atom. The minimum atomic E-state index is -4.04. The van der Waals surface area contributed by atoms with Crippen molar-refractivity contribution in [3.8, 4) is 0 Å². The van der Waals surface area contributed by atoms with Crippen LogP contribution in [-0.4, -0.2) is 61.8 Å². The number of nitrogens with zero attached hydrogens (tertiary/aromatic N) is 3. The van der Waals surface area contributed by atoms with Crippen LogP contribution in [0.2, 0.25) is 0 Å². The molecule has 0 radical (unpaired) electrons. The summed E-state index contributed by atoms with van der Waals surface area (Å²) in [4.78, 5) is 9.95. The second-order valence-electron chi connectivity index (χ2n) is 5.77. The summed E-state index contributed by atoms with van der Waals surface area (Å²) in [7, 11) is -7.38. The van der Waals surface area contributed by atoms with Crippen molar-refractivity contribution in [3.63, 3.8) is 0 Å². The lowest BCUT2D eigenvalue weighted by Gasteiger charge is -2.33. The average Bonchev–Trinajstić information content (AvgIpc) is 3.40. The minimum Gasteiger partial charge on any atom is -0.258 e. The highest BCUT2D eigenvalue weighted by atomic mass is 32.2. The van der Waals surface area contributed by atoms with Gasteiger partial charge in [0.2, 0.25) is 20.0 Å². The molecule has 0 atom stereocenters. The van der Waals surface area contributed by atoms with Crippen molar-refractivity contribution in [2.24, 2.45) is 0 Å². The van der Waals surface area contributed by atoms with E-state index in [-0.39, 0.29) is 36.3 Å². The van der Waals surface area contributed by atoms with Gasteiger partial charge in [0.25, 0.3) is 5.69 Å². The maximum Gasteiger partial charge on any atom is 0.289 e. The Bertz CT molecular complexity index is 855. The molecular weight excluding hydrogens is 358 g/mol. The van der Waals surface area contributed by atoms with E-state index in [1.165, 1.54) is 22.5 Å². The molecule has 0 spiro atoms. The van der Waals surface area contributed by atoms with Crippen LogP contribution in [0.5, 0.6) is 0 Å². The first-order chi connectivity index (χ1) is 11.2. The molecular formula is C13H17N3O6S2. The monoisotopic (exact) mass is 375 g/mol. The van der Waals surface area contributed by atoms with Crippen molar-refractivity contribution >= 4 is 25.7 Å². The average molecular weight is 375 g/mol. The van der Waals surface area contributed by atoms with Gasteiger partial charge in [0.15, 0.2) is 4.90 Å². The molecule has 24 heavy (non-hydrogen) atoms. The summed E-state index contributed by atoms with van der Waals surface area (Å²) in [5, 5.41) is 10.7. The van der Waals surface area contributed by atoms with Gasteiger partial charge in [0, 0.05) is 32.2 Å². The van der Waals surface area contributed by atoms with E-state index in [4.69, 9.17) is 0 Å². The standard InChI is InChI=1S/C13H17N3O6S2/c17-16(18)12-3-1-2-4-13(12)24(21,22)15-9-7-14(8-10-15)23(19,20)11-5-6-11/h1-4,11H,5-10H2. The molecule has 11 heteroatoms. The second-order valence-corrected chi connectivity index (χ2v) is 9.89. The Morgan fingerprint density at radius 2 is 1.50 bits per heavy atom. The molecule has 1 saturated carbocycles. The molecule has 9 nitrogen and oxygen atoms in total. The summed E-state index contributed by atoms with van der Waals surface area (Å²) in [5.41, 5.74) is -0.481. The number of hydrogen-bond acceptors (Lipinski definition) is 6. The number of hydrogen-bond donors (Lipinski definition) is 0. The normalized spacial score (nSPS) is 20.8. The molecule has 2 aliphatic rings. The number of nitro groups is 1. The van der Waals surface area contributed by atoms with Gasteiger partial charge in [-0.25, -0.2) is 16.8 Å². The molecule has 1 saturated heterocycles. The molecule has 0 unspecified atom stereocenters. The van der Waals surface area contributed by atoms with Gasteiger partial charge in [-0.05, 0) is 18.9 Å². The van der Waals surface area contributed by atoms with Gasteiger partial charge in [-0.1, -0.05) is 12.1 Å². The molecule has 132 valence electrons. The highest BCUT2D eigenvalue weighted by molar-refractivity contribution is 7.90. The molecule has 0 aromatic heterocycles. The highest BCUT2D eigenvalue weighted by Gasteiger charge is 2.42. The van der Waals surface area contributed by atoms with Crippen molar-refractivity contribution in [3.05, 3.63) is 34.4 Å². The lowest BCUT2D eigenvalue weighted by molar-refractivity contribution is -0.387. The quantitative estimate of drug-likeness (QED) is 0.543. The fourth-order valence-electron chi connectivity index (χ4n) is 2.71. The van der Waals surface area contributed by atoms with E-state index < -0.39 is 30.7 Å². The van der Waals surface area contributed by atoms with Gasteiger partial charge in [-0.2, -0.15) is 8.61 Å². The van der Waals surface area contributed by atoms with Gasteiger partial charge in [-0.3, -0.25) is 10.1 Å². The molecule has 0 bridgehead atoms. The summed E-state index contributed by atoms with van der Waals surface area (Å²) < 4.78 is 52.1. The third-order valence-electron chi connectivity index (χ3n) is 4.18. The topological polar surface area (TPSA) is 118 Å². The maximum atomic E-state index is 12.7. The number of benzene rings is 1.